The molecule has 0 heterocycles. The van der Waals surface area contributed by atoms with E-state index >= 15 is 0 Å². The lowest BCUT2D eigenvalue weighted by Crippen LogP contribution is -2.27. The van der Waals surface area contributed by atoms with Crippen molar-refractivity contribution in [3.63, 3.8) is 0 Å². The van der Waals surface area contributed by atoms with Gasteiger partial charge in [-0.25, -0.2) is 24.0 Å². The lowest BCUT2D eigenvalue weighted by molar-refractivity contribution is 0.0189. The van der Waals surface area contributed by atoms with Crippen LogP contribution in [-0.4, -0.2) is 58.8 Å². The van der Waals surface area contributed by atoms with E-state index in [0.717, 1.165) is 0 Å². The maximum absolute atomic E-state index is 13.7. The topological polar surface area (TPSA) is 178 Å². The van der Waals surface area contributed by atoms with Crippen LogP contribution in [-0.2, 0) is 23.7 Å². The minimum atomic E-state index is -0.984. The number of hydrogen-bond acceptors (Lipinski definition) is 15. The third-order valence-corrected chi connectivity index (χ3v) is 10.9. The normalized spacial score (nSPS) is 12.0. The average molecular weight is 1230 g/mol. The Morgan fingerprint density at radius 1 is 0.356 bits per heavy atom. The number of carbonyl (C=O) groups is 5. The summed E-state index contributed by atoms with van der Waals surface area (Å²) in [7, 11) is 0. The van der Waals surface area contributed by atoms with Gasteiger partial charge < -0.3 is 47.4 Å². The highest BCUT2D eigenvalue weighted by molar-refractivity contribution is 14.1. The molecule has 5 aromatic rings. The Bertz CT molecular complexity index is 2650. The summed E-state index contributed by atoms with van der Waals surface area (Å²) in [4.78, 5) is 65.5. The summed E-state index contributed by atoms with van der Waals surface area (Å²) < 4.78 is 57.4. The Balaban J connectivity index is 1.80. The van der Waals surface area contributed by atoms with E-state index < -0.39 is 64.7 Å². The SMILES string of the molecule is CC(C)(C)OC(=O)Oc1ccc(-c2ccc(OC(=O)OC(C)(C)C)c(C(c3cc(I)c(OC(=O)OC(C)(C)C)c(I)c3)c3cc(-c4ccc(OC(=O)OC(C)(C)C)cc4)ccc3OC(=O)OC(C)(C)C)c2)cc1. The minimum absolute atomic E-state index is 0.0873. The molecule has 5 rings (SSSR count). The number of hydrogen-bond donors (Lipinski definition) is 0. The maximum Gasteiger partial charge on any atom is 0.514 e. The van der Waals surface area contributed by atoms with Crippen molar-refractivity contribution < 1.29 is 71.3 Å². The zero-order valence-electron chi connectivity index (χ0n) is 43.7. The van der Waals surface area contributed by atoms with E-state index in [9.17, 15) is 24.0 Å². The molecule has 0 saturated carbocycles. The van der Waals surface area contributed by atoms with Crippen molar-refractivity contribution >= 4 is 76.0 Å². The van der Waals surface area contributed by atoms with E-state index in [2.05, 4.69) is 45.2 Å². The lowest BCUT2D eigenvalue weighted by atomic mass is 9.82. The van der Waals surface area contributed by atoms with E-state index in [1.54, 1.807) is 189 Å². The summed E-state index contributed by atoms with van der Waals surface area (Å²) in [5.74, 6) is -0.0725. The summed E-state index contributed by atoms with van der Waals surface area (Å²) >= 11 is 4.14. The standard InChI is InChI=1S/C56H62I2O15/c1-52(2,3)69-47(59)64-37-22-16-32(17-23-37)34-20-26-43(66-49(61)71-54(7,8)9)39(28-34)45(36-30-41(57)46(42(58)31-36)68-51(63)73-56(13,14)15)40-29-35(21-27-44(40)67-50(62)72-55(10,11)12)33-18-24-38(25-19-33)65-48(60)70-53(4,5)6/h16-31,45H,1-15H3. The molecular weight excluding hydrogens is 1170 g/mol. The van der Waals surface area contributed by atoms with Crippen molar-refractivity contribution in [2.45, 2.75) is 138 Å². The van der Waals surface area contributed by atoms with Crippen molar-refractivity contribution in [3.05, 3.63) is 121 Å². The first kappa shape index (κ1) is 57.8. The predicted octanol–water partition coefficient (Wildman–Crippen LogP) is 16.0. The van der Waals surface area contributed by atoms with Crippen LogP contribution in [0.4, 0.5) is 24.0 Å². The molecule has 0 N–H and O–H groups in total. The van der Waals surface area contributed by atoms with Crippen molar-refractivity contribution in [1.29, 1.82) is 0 Å². The van der Waals surface area contributed by atoms with Gasteiger partial charge in [0.25, 0.3) is 0 Å². The molecule has 0 amide bonds. The first-order chi connectivity index (χ1) is 33.6. The third-order valence-electron chi connectivity index (χ3n) is 9.29. The highest BCUT2D eigenvalue weighted by Crippen LogP contribution is 2.47. The summed E-state index contributed by atoms with van der Waals surface area (Å²) in [5.41, 5.74) is -0.208. The zero-order valence-corrected chi connectivity index (χ0v) is 48.0. The molecular formula is C56H62I2O15. The Hall–Kier alpha value is -6.09. The molecule has 0 spiro atoms. The predicted molar refractivity (Wildman–Crippen MR) is 291 cm³/mol. The van der Waals surface area contributed by atoms with Gasteiger partial charge in [0.2, 0.25) is 0 Å². The van der Waals surface area contributed by atoms with Gasteiger partial charge in [-0.2, -0.15) is 0 Å². The van der Waals surface area contributed by atoms with Gasteiger partial charge >= 0.3 is 30.8 Å². The first-order valence-electron chi connectivity index (χ1n) is 23.1. The Kier molecular flexibility index (Phi) is 18.2. The van der Waals surface area contributed by atoms with E-state index in [1.165, 1.54) is 0 Å². The molecule has 0 unspecified atom stereocenters. The zero-order chi connectivity index (χ0) is 54.4. The second-order valence-electron chi connectivity index (χ2n) is 21.6. The van der Waals surface area contributed by atoms with E-state index in [4.69, 9.17) is 47.4 Å². The molecule has 0 radical (unpaired) electrons. The Morgan fingerprint density at radius 3 is 0.932 bits per heavy atom. The highest BCUT2D eigenvalue weighted by atomic mass is 127. The van der Waals surface area contributed by atoms with Crippen molar-refractivity contribution in [2.75, 3.05) is 0 Å². The second kappa shape index (κ2) is 23.0. The summed E-state index contributed by atoms with van der Waals surface area (Å²) in [6, 6.07) is 27.5. The molecule has 0 aromatic heterocycles. The largest absolute Gasteiger partial charge is 0.514 e. The molecule has 5 aromatic carbocycles. The van der Waals surface area contributed by atoms with Gasteiger partial charge in [-0.1, -0.05) is 36.4 Å². The molecule has 0 atom stereocenters. The Morgan fingerprint density at radius 2 is 0.630 bits per heavy atom. The van der Waals surface area contributed by atoms with Crippen LogP contribution in [0.15, 0.2) is 97.1 Å². The molecule has 0 aliphatic heterocycles. The van der Waals surface area contributed by atoms with E-state index in [-0.39, 0.29) is 28.7 Å². The molecule has 0 aliphatic rings. The molecule has 0 bridgehead atoms. The number of rotatable bonds is 10. The quantitative estimate of drug-likeness (QED) is 0.0424. The van der Waals surface area contributed by atoms with Gasteiger partial charge in [-0.3, -0.25) is 0 Å². The third kappa shape index (κ3) is 18.4. The van der Waals surface area contributed by atoms with Crippen LogP contribution in [0.2, 0.25) is 0 Å². The van der Waals surface area contributed by atoms with Gasteiger partial charge in [0.05, 0.1) is 7.14 Å². The van der Waals surface area contributed by atoms with Crippen LogP contribution in [0, 0.1) is 7.14 Å². The van der Waals surface area contributed by atoms with Crippen LogP contribution in [0.5, 0.6) is 28.7 Å². The van der Waals surface area contributed by atoms with Crippen LogP contribution in [0.1, 0.15) is 126 Å². The highest BCUT2D eigenvalue weighted by Gasteiger charge is 2.32. The monoisotopic (exact) mass is 1230 g/mol. The molecule has 0 fully saturated rings. The van der Waals surface area contributed by atoms with E-state index in [1.807, 2.05) is 12.1 Å². The molecule has 15 nitrogen and oxygen atoms in total. The molecule has 390 valence electrons. The average Bonchev–Trinajstić information content (AvgIpc) is 3.20. The first-order valence-corrected chi connectivity index (χ1v) is 25.3. The number of halogens is 2. The van der Waals surface area contributed by atoms with Gasteiger partial charge in [0, 0.05) is 17.0 Å². The fourth-order valence-corrected chi connectivity index (χ4v) is 8.74. The maximum atomic E-state index is 13.7. The van der Waals surface area contributed by atoms with Crippen molar-refractivity contribution in [2.24, 2.45) is 0 Å². The Labute approximate surface area is 454 Å². The van der Waals surface area contributed by atoms with Crippen LogP contribution in [0.25, 0.3) is 22.3 Å². The van der Waals surface area contributed by atoms with Crippen molar-refractivity contribution in [1.82, 2.24) is 0 Å². The summed E-state index contributed by atoms with van der Waals surface area (Å²) in [6.45, 7) is 25.9. The van der Waals surface area contributed by atoms with Crippen LogP contribution < -0.4 is 23.7 Å². The van der Waals surface area contributed by atoms with Gasteiger partial charge in [-0.15, -0.1) is 0 Å². The van der Waals surface area contributed by atoms with E-state index in [0.29, 0.717) is 46.1 Å². The summed E-state index contributed by atoms with van der Waals surface area (Å²) in [6.07, 6.45) is -4.60. The van der Waals surface area contributed by atoms with Gasteiger partial charge in [0.15, 0.2) is 5.75 Å². The number of ether oxygens (including phenoxy) is 10. The van der Waals surface area contributed by atoms with Crippen molar-refractivity contribution in [3.8, 4) is 51.0 Å². The molecule has 17 heteroatoms. The van der Waals surface area contributed by atoms with Crippen LogP contribution in [0.3, 0.4) is 0 Å². The minimum Gasteiger partial charge on any atom is -0.428 e. The smallest absolute Gasteiger partial charge is 0.428 e. The number of carbonyl (C=O) groups excluding carboxylic acids is 5. The number of benzene rings is 5. The summed E-state index contributed by atoms with van der Waals surface area (Å²) in [5, 5.41) is 0. The molecule has 0 saturated heterocycles. The van der Waals surface area contributed by atoms with Crippen LogP contribution >= 0.6 is 45.2 Å². The van der Waals surface area contributed by atoms with Gasteiger partial charge in [0.1, 0.15) is 51.0 Å². The fraction of sp³-hybridized carbons (Fsp3) is 0.375. The molecule has 73 heavy (non-hydrogen) atoms. The lowest BCUT2D eigenvalue weighted by Gasteiger charge is -2.27. The van der Waals surface area contributed by atoms with Gasteiger partial charge in [-0.05, 0) is 238 Å². The second-order valence-corrected chi connectivity index (χ2v) is 24.0. The fourth-order valence-electron chi connectivity index (χ4n) is 6.70. The molecule has 0 aliphatic carbocycles.